The van der Waals surface area contributed by atoms with E-state index >= 15 is 0 Å². The quantitative estimate of drug-likeness (QED) is 0.445. The van der Waals surface area contributed by atoms with Gasteiger partial charge in [-0.2, -0.15) is 8.78 Å². The van der Waals surface area contributed by atoms with Crippen LogP contribution in [0.25, 0.3) is 5.69 Å². The third-order valence-corrected chi connectivity index (χ3v) is 4.24. The Morgan fingerprint density at radius 2 is 2.00 bits per heavy atom. The third kappa shape index (κ3) is 4.93. The lowest BCUT2D eigenvalue weighted by Crippen LogP contribution is -2.26. The molecule has 0 fully saturated rings. The average Bonchev–Trinajstić information content (AvgIpc) is 3.10. The maximum Gasteiger partial charge on any atom is 0.387 e. The Kier molecular flexibility index (Phi) is 6.30. The van der Waals surface area contributed by atoms with E-state index in [0.717, 1.165) is 5.56 Å². The van der Waals surface area contributed by atoms with Gasteiger partial charge in [-0.15, -0.1) is 5.10 Å². The number of nitrogens with zero attached hydrogens (tertiary/aromatic N) is 4. The van der Waals surface area contributed by atoms with Gasteiger partial charge in [0.15, 0.2) is 5.69 Å². The molecule has 0 bridgehead atoms. The second kappa shape index (κ2) is 9.07. The van der Waals surface area contributed by atoms with Crippen LogP contribution in [-0.2, 0) is 6.42 Å². The normalized spacial score (nSPS) is 10.8. The van der Waals surface area contributed by atoms with Crippen molar-refractivity contribution in [1.82, 2.24) is 20.3 Å². The second-order valence-electron chi connectivity index (χ2n) is 6.24. The lowest BCUT2D eigenvalue weighted by molar-refractivity contribution is -0.384. The van der Waals surface area contributed by atoms with E-state index in [0.29, 0.717) is 17.8 Å². The summed E-state index contributed by atoms with van der Waals surface area (Å²) in [6, 6.07) is 12.0. The molecule has 0 atom stereocenters. The molecule has 156 valence electrons. The van der Waals surface area contributed by atoms with Gasteiger partial charge in [0.2, 0.25) is 0 Å². The zero-order chi connectivity index (χ0) is 21.7. The summed E-state index contributed by atoms with van der Waals surface area (Å²) in [6.07, 6.45) is 0.471. The number of hydrogen-bond acceptors (Lipinski definition) is 6. The van der Waals surface area contributed by atoms with Gasteiger partial charge in [0.05, 0.1) is 16.3 Å². The van der Waals surface area contributed by atoms with Crippen molar-refractivity contribution < 1.29 is 23.2 Å². The third-order valence-electron chi connectivity index (χ3n) is 4.24. The molecule has 1 aromatic heterocycles. The average molecular weight is 417 g/mol. The van der Waals surface area contributed by atoms with E-state index in [1.54, 1.807) is 25.1 Å². The molecule has 0 radical (unpaired) electrons. The number of ether oxygens (including phenoxy) is 1. The Morgan fingerprint density at radius 3 is 2.67 bits per heavy atom. The van der Waals surface area contributed by atoms with Crippen molar-refractivity contribution in [2.75, 3.05) is 6.54 Å². The van der Waals surface area contributed by atoms with E-state index in [4.69, 9.17) is 0 Å². The topological polar surface area (TPSA) is 112 Å². The zero-order valence-electron chi connectivity index (χ0n) is 15.8. The predicted molar refractivity (Wildman–Crippen MR) is 102 cm³/mol. The maximum atomic E-state index is 12.4. The molecular formula is C19H17F2N5O4. The van der Waals surface area contributed by atoms with E-state index in [2.05, 4.69) is 20.4 Å². The van der Waals surface area contributed by atoms with Crippen molar-refractivity contribution in [2.45, 2.75) is 20.0 Å². The van der Waals surface area contributed by atoms with E-state index in [9.17, 15) is 23.7 Å². The molecule has 0 aliphatic heterocycles. The highest BCUT2D eigenvalue weighted by Gasteiger charge is 2.18. The van der Waals surface area contributed by atoms with Crippen LogP contribution < -0.4 is 10.1 Å². The lowest BCUT2D eigenvalue weighted by Gasteiger charge is -2.07. The molecule has 1 amide bonds. The van der Waals surface area contributed by atoms with Crippen LogP contribution in [-0.4, -0.2) is 39.0 Å². The SMILES string of the molecule is Cc1c(C(=O)NCCc2ccc(OC(F)F)cc2)nnn1-c1cccc([N+](=O)[O-])c1. The minimum absolute atomic E-state index is 0.0613. The summed E-state index contributed by atoms with van der Waals surface area (Å²) in [5.41, 5.74) is 1.68. The number of rotatable bonds is 8. The lowest BCUT2D eigenvalue weighted by atomic mass is 10.1. The zero-order valence-corrected chi connectivity index (χ0v) is 15.8. The van der Waals surface area contributed by atoms with E-state index in [-0.39, 0.29) is 23.7 Å². The Bertz CT molecular complexity index is 1050. The molecule has 2 aromatic carbocycles. The first-order valence-corrected chi connectivity index (χ1v) is 8.84. The first-order chi connectivity index (χ1) is 14.3. The number of halogens is 2. The van der Waals surface area contributed by atoms with Crippen LogP contribution in [0.4, 0.5) is 14.5 Å². The fraction of sp³-hybridized carbons (Fsp3) is 0.211. The predicted octanol–water partition coefficient (Wildman–Crippen LogP) is 3.06. The van der Waals surface area contributed by atoms with E-state index in [1.807, 2.05) is 0 Å². The number of benzene rings is 2. The van der Waals surface area contributed by atoms with E-state index < -0.39 is 17.4 Å². The fourth-order valence-electron chi connectivity index (χ4n) is 2.76. The number of non-ortho nitro benzene ring substituents is 1. The summed E-state index contributed by atoms with van der Waals surface area (Å²) in [5, 5.41) is 21.4. The standard InChI is InChI=1S/C19H17F2N5O4/c1-12-17(23-24-25(12)14-3-2-4-15(11-14)26(28)29)18(27)22-10-9-13-5-7-16(8-6-13)30-19(20)21/h2-8,11,19H,9-10H2,1H3,(H,22,27). The molecule has 0 unspecified atom stereocenters. The smallest absolute Gasteiger partial charge is 0.387 e. The largest absolute Gasteiger partial charge is 0.435 e. The molecule has 9 nitrogen and oxygen atoms in total. The Labute approximate surface area is 169 Å². The number of hydrogen-bond donors (Lipinski definition) is 1. The molecule has 3 aromatic rings. The first kappa shape index (κ1) is 20.8. The van der Waals surface area contributed by atoms with Crippen LogP contribution >= 0.6 is 0 Å². The van der Waals surface area contributed by atoms with Gasteiger partial charge in [-0.1, -0.05) is 23.4 Å². The molecule has 0 saturated heterocycles. The number of aromatic nitrogens is 3. The number of carbonyl (C=O) groups is 1. The molecule has 30 heavy (non-hydrogen) atoms. The number of nitrogens with one attached hydrogen (secondary N) is 1. The number of carbonyl (C=O) groups excluding carboxylic acids is 1. The summed E-state index contributed by atoms with van der Waals surface area (Å²) in [5.74, 6) is -0.381. The number of amides is 1. The van der Waals surface area contributed by atoms with Crippen LogP contribution in [0.15, 0.2) is 48.5 Å². The molecule has 0 aliphatic carbocycles. The highest BCUT2D eigenvalue weighted by atomic mass is 19.3. The van der Waals surface area contributed by atoms with Gasteiger partial charge in [-0.25, -0.2) is 4.68 Å². The monoisotopic (exact) mass is 417 g/mol. The Balaban J connectivity index is 1.61. The van der Waals surface area contributed by atoms with Gasteiger partial charge in [-0.3, -0.25) is 14.9 Å². The Morgan fingerprint density at radius 1 is 1.27 bits per heavy atom. The summed E-state index contributed by atoms with van der Waals surface area (Å²) in [6.45, 7) is -0.958. The van der Waals surface area contributed by atoms with Gasteiger partial charge >= 0.3 is 6.61 Å². The number of alkyl halides is 2. The Hall–Kier alpha value is -3.89. The van der Waals surface area contributed by atoms with Crippen LogP contribution in [0.1, 0.15) is 21.7 Å². The molecular weight excluding hydrogens is 400 g/mol. The number of nitro groups is 1. The minimum Gasteiger partial charge on any atom is -0.435 e. The van der Waals surface area contributed by atoms with Crippen LogP contribution in [0.2, 0.25) is 0 Å². The molecule has 1 heterocycles. The van der Waals surface area contributed by atoms with Gasteiger partial charge in [0.1, 0.15) is 5.75 Å². The fourth-order valence-corrected chi connectivity index (χ4v) is 2.76. The van der Waals surface area contributed by atoms with Gasteiger partial charge in [-0.05, 0) is 37.1 Å². The number of nitro benzene ring substituents is 1. The maximum absolute atomic E-state index is 12.4. The van der Waals surface area contributed by atoms with E-state index in [1.165, 1.54) is 35.0 Å². The highest BCUT2D eigenvalue weighted by Crippen LogP contribution is 2.18. The van der Waals surface area contributed by atoms with Crippen LogP contribution in [0.5, 0.6) is 5.75 Å². The summed E-state index contributed by atoms with van der Waals surface area (Å²) < 4.78 is 30.0. The summed E-state index contributed by atoms with van der Waals surface area (Å²) in [4.78, 5) is 22.8. The van der Waals surface area contributed by atoms with Crippen molar-refractivity contribution in [2.24, 2.45) is 0 Å². The van der Waals surface area contributed by atoms with Crippen LogP contribution in [0.3, 0.4) is 0 Å². The molecule has 3 rings (SSSR count). The van der Waals surface area contributed by atoms with Crippen molar-refractivity contribution in [3.8, 4) is 11.4 Å². The van der Waals surface area contributed by atoms with Crippen LogP contribution in [0, 0.1) is 17.0 Å². The summed E-state index contributed by atoms with van der Waals surface area (Å²) in [7, 11) is 0. The second-order valence-corrected chi connectivity index (χ2v) is 6.24. The molecule has 11 heteroatoms. The minimum atomic E-state index is -2.88. The van der Waals surface area contributed by atoms with Gasteiger partial charge in [0.25, 0.3) is 11.6 Å². The van der Waals surface area contributed by atoms with Crippen molar-refractivity contribution in [3.63, 3.8) is 0 Å². The molecule has 0 saturated carbocycles. The van der Waals surface area contributed by atoms with Crippen molar-refractivity contribution >= 4 is 11.6 Å². The van der Waals surface area contributed by atoms with Gasteiger partial charge in [0, 0.05) is 18.7 Å². The first-order valence-electron chi connectivity index (χ1n) is 8.84. The molecule has 1 N–H and O–H groups in total. The molecule has 0 aliphatic rings. The van der Waals surface area contributed by atoms with Gasteiger partial charge < -0.3 is 10.1 Å². The molecule has 0 spiro atoms. The van der Waals surface area contributed by atoms with Crippen molar-refractivity contribution in [3.05, 3.63) is 75.6 Å². The summed E-state index contributed by atoms with van der Waals surface area (Å²) >= 11 is 0. The highest BCUT2D eigenvalue weighted by molar-refractivity contribution is 5.93. The van der Waals surface area contributed by atoms with Crippen molar-refractivity contribution in [1.29, 1.82) is 0 Å².